The minimum Gasteiger partial charge on any atom is -0.330 e. The normalized spacial score (nSPS) is 26.3. The Morgan fingerprint density at radius 2 is 1.88 bits per heavy atom. The molecule has 1 heterocycles. The molecule has 2 aliphatic rings. The predicted molar refractivity (Wildman–Crippen MR) is 142 cm³/mol. The summed E-state index contributed by atoms with van der Waals surface area (Å²) >= 11 is 14.6. The molecule has 2 aromatic carbocycles. The highest BCUT2D eigenvalue weighted by Gasteiger charge is 2.53. The van der Waals surface area contributed by atoms with Gasteiger partial charge in [0, 0.05) is 27.8 Å². The van der Waals surface area contributed by atoms with E-state index in [1.165, 1.54) is 18.4 Å². The number of nitrogens with zero attached hydrogens (tertiary/aromatic N) is 1. The van der Waals surface area contributed by atoms with Crippen LogP contribution in [0.2, 0.25) is 10.0 Å². The molecular formula is C28H33Cl2NOS. The van der Waals surface area contributed by atoms with Crippen molar-refractivity contribution >= 4 is 40.9 Å². The van der Waals surface area contributed by atoms with Crippen molar-refractivity contribution in [2.45, 2.75) is 57.5 Å². The molecule has 0 N–H and O–H groups in total. The van der Waals surface area contributed by atoms with Gasteiger partial charge in [0.05, 0.1) is 11.5 Å². The molecule has 176 valence electrons. The summed E-state index contributed by atoms with van der Waals surface area (Å²) in [5.74, 6) is 3.01. The largest absolute Gasteiger partial charge is 0.330 e. The molecule has 1 amide bonds. The first-order valence-corrected chi connectivity index (χ1v) is 13.8. The van der Waals surface area contributed by atoms with Crippen LogP contribution in [0.5, 0.6) is 0 Å². The van der Waals surface area contributed by atoms with Crippen LogP contribution in [-0.4, -0.2) is 28.4 Å². The van der Waals surface area contributed by atoms with Gasteiger partial charge in [-0.3, -0.25) is 4.79 Å². The fraction of sp³-hybridized carbons (Fsp3) is 0.464. The van der Waals surface area contributed by atoms with Crippen molar-refractivity contribution in [2.24, 2.45) is 11.3 Å². The summed E-state index contributed by atoms with van der Waals surface area (Å²) in [6, 6.07) is 16.4. The van der Waals surface area contributed by atoms with Crippen LogP contribution in [0, 0.1) is 11.3 Å². The maximum absolute atomic E-state index is 14.3. The Morgan fingerprint density at radius 1 is 1.15 bits per heavy atom. The van der Waals surface area contributed by atoms with Gasteiger partial charge in [0.15, 0.2) is 0 Å². The van der Waals surface area contributed by atoms with Crippen molar-refractivity contribution in [3.8, 4) is 0 Å². The molecule has 2 aromatic rings. The van der Waals surface area contributed by atoms with Crippen LogP contribution in [0.1, 0.15) is 62.6 Å². The summed E-state index contributed by atoms with van der Waals surface area (Å²) in [6.45, 7) is 8.31. The molecule has 1 saturated carbocycles. The molecular weight excluding hydrogens is 469 g/mol. The van der Waals surface area contributed by atoms with E-state index in [0.717, 1.165) is 28.5 Å². The topological polar surface area (TPSA) is 20.3 Å². The molecule has 0 radical (unpaired) electrons. The van der Waals surface area contributed by atoms with Crippen LogP contribution in [0.15, 0.2) is 61.2 Å². The van der Waals surface area contributed by atoms with E-state index in [1.807, 2.05) is 42.1 Å². The molecule has 5 heteroatoms. The lowest BCUT2D eigenvalue weighted by Gasteiger charge is -2.52. The van der Waals surface area contributed by atoms with Gasteiger partial charge in [-0.05, 0) is 72.7 Å². The van der Waals surface area contributed by atoms with Gasteiger partial charge >= 0.3 is 0 Å². The lowest BCUT2D eigenvalue weighted by atomic mass is 9.67. The molecule has 0 spiro atoms. The molecule has 2 unspecified atom stereocenters. The van der Waals surface area contributed by atoms with Gasteiger partial charge in [0.2, 0.25) is 5.91 Å². The molecule has 1 saturated heterocycles. The number of hydrogen-bond acceptors (Lipinski definition) is 2. The Labute approximate surface area is 212 Å². The third kappa shape index (κ3) is 5.31. The summed E-state index contributed by atoms with van der Waals surface area (Å²) in [4.78, 5) is 16.6. The molecule has 1 aliphatic heterocycles. The van der Waals surface area contributed by atoms with Crippen LogP contribution >= 0.6 is 35.0 Å². The van der Waals surface area contributed by atoms with Crippen LogP contribution in [0.25, 0.3) is 0 Å². The van der Waals surface area contributed by atoms with Crippen molar-refractivity contribution in [2.75, 3.05) is 11.5 Å². The lowest BCUT2D eigenvalue weighted by Crippen LogP contribution is -2.56. The van der Waals surface area contributed by atoms with E-state index in [1.54, 1.807) is 0 Å². The van der Waals surface area contributed by atoms with Gasteiger partial charge < -0.3 is 4.90 Å². The zero-order valence-corrected chi connectivity index (χ0v) is 21.8. The van der Waals surface area contributed by atoms with Crippen molar-refractivity contribution in [3.63, 3.8) is 0 Å². The molecule has 2 nitrogen and oxygen atoms in total. The third-order valence-corrected chi connectivity index (χ3v) is 8.67. The summed E-state index contributed by atoms with van der Waals surface area (Å²) < 4.78 is 0. The number of thioether (sulfide) groups is 1. The van der Waals surface area contributed by atoms with Crippen molar-refractivity contribution in [3.05, 3.63) is 82.4 Å². The number of halogens is 2. The van der Waals surface area contributed by atoms with Crippen LogP contribution < -0.4 is 0 Å². The number of piperidine rings is 1. The van der Waals surface area contributed by atoms with Gasteiger partial charge in [-0.15, -0.1) is 6.58 Å². The standard InChI is InChI=1S/C28H33Cl2NOS/c1-4-15-28(3)17-24(21-7-6-8-23(30)16-21)26(20-11-13-22(29)14-12-20)31(27(28)32)25(18-33-5-2)19-9-10-19/h4,6-8,11-14,16,19,24-26H,1,5,9-10,15,17-18H2,2-3H3/t24?,25?,26-,28+/m1/s1. The maximum Gasteiger partial charge on any atom is 0.229 e. The Kier molecular flexibility index (Phi) is 7.83. The molecule has 4 rings (SSSR count). The number of carbonyl (C=O) groups is 1. The average molecular weight is 503 g/mol. The molecule has 0 aromatic heterocycles. The first-order chi connectivity index (χ1) is 15.9. The highest BCUT2D eigenvalue weighted by Crippen LogP contribution is 2.54. The first-order valence-electron chi connectivity index (χ1n) is 11.9. The van der Waals surface area contributed by atoms with E-state index in [0.29, 0.717) is 17.4 Å². The van der Waals surface area contributed by atoms with E-state index in [-0.39, 0.29) is 23.9 Å². The molecule has 2 fully saturated rings. The predicted octanol–water partition coefficient (Wildman–Crippen LogP) is 8.16. The minimum atomic E-state index is -0.484. The van der Waals surface area contributed by atoms with Gasteiger partial charge in [-0.2, -0.15) is 11.8 Å². The number of rotatable bonds is 9. The van der Waals surface area contributed by atoms with Crippen LogP contribution in [0.3, 0.4) is 0 Å². The number of carbonyl (C=O) groups excluding carboxylic acids is 1. The van der Waals surface area contributed by atoms with Crippen LogP contribution in [0.4, 0.5) is 0 Å². The quantitative estimate of drug-likeness (QED) is 0.323. The van der Waals surface area contributed by atoms with Gasteiger partial charge in [-0.25, -0.2) is 0 Å². The SMILES string of the molecule is C=CC[C@@]1(C)CC(c2cccc(Cl)c2)[C@@H](c2ccc(Cl)cc2)N(C(CSCC)C2CC2)C1=O. The Balaban J connectivity index is 1.88. The highest BCUT2D eigenvalue weighted by molar-refractivity contribution is 7.99. The Bertz CT molecular complexity index is 990. The van der Waals surface area contributed by atoms with E-state index >= 15 is 0 Å². The number of amides is 1. The Hall–Kier alpha value is -1.42. The van der Waals surface area contributed by atoms with Gasteiger partial charge in [0.25, 0.3) is 0 Å². The van der Waals surface area contributed by atoms with Gasteiger partial charge in [0.1, 0.15) is 0 Å². The van der Waals surface area contributed by atoms with E-state index in [2.05, 4.69) is 49.6 Å². The van der Waals surface area contributed by atoms with Crippen molar-refractivity contribution in [1.82, 2.24) is 4.90 Å². The molecule has 4 atom stereocenters. The van der Waals surface area contributed by atoms with Crippen LogP contribution in [-0.2, 0) is 4.79 Å². The highest BCUT2D eigenvalue weighted by atomic mass is 35.5. The fourth-order valence-electron chi connectivity index (χ4n) is 5.42. The summed E-state index contributed by atoms with van der Waals surface area (Å²) in [6.07, 6.45) is 5.74. The van der Waals surface area contributed by atoms with E-state index in [9.17, 15) is 4.79 Å². The summed E-state index contributed by atoms with van der Waals surface area (Å²) in [5.41, 5.74) is 1.85. The second kappa shape index (κ2) is 10.5. The second-order valence-corrected chi connectivity index (χ2v) is 11.9. The monoisotopic (exact) mass is 501 g/mol. The first kappa shape index (κ1) is 24.7. The van der Waals surface area contributed by atoms with E-state index in [4.69, 9.17) is 23.2 Å². The smallest absolute Gasteiger partial charge is 0.229 e. The fourth-order valence-corrected chi connectivity index (χ4v) is 6.65. The number of hydrogen-bond donors (Lipinski definition) is 0. The number of likely N-dealkylation sites (tertiary alicyclic amines) is 1. The zero-order chi connectivity index (χ0) is 23.6. The third-order valence-electron chi connectivity index (χ3n) is 7.20. The second-order valence-electron chi connectivity index (χ2n) is 9.69. The minimum absolute atomic E-state index is 0.0471. The number of allylic oxidation sites excluding steroid dienone is 1. The zero-order valence-electron chi connectivity index (χ0n) is 19.5. The molecule has 0 bridgehead atoms. The lowest BCUT2D eigenvalue weighted by molar-refractivity contribution is -0.154. The van der Waals surface area contributed by atoms with Gasteiger partial charge in [-0.1, -0.05) is 67.4 Å². The van der Waals surface area contributed by atoms with Crippen molar-refractivity contribution < 1.29 is 4.79 Å². The average Bonchev–Trinajstić information content (AvgIpc) is 3.63. The Morgan fingerprint density at radius 3 is 2.48 bits per heavy atom. The number of benzene rings is 2. The summed E-state index contributed by atoms with van der Waals surface area (Å²) in [5, 5.41) is 1.44. The maximum atomic E-state index is 14.3. The molecule has 33 heavy (non-hydrogen) atoms. The molecule has 1 aliphatic carbocycles. The van der Waals surface area contributed by atoms with E-state index < -0.39 is 5.41 Å². The van der Waals surface area contributed by atoms with Crippen molar-refractivity contribution in [1.29, 1.82) is 0 Å². The summed E-state index contributed by atoms with van der Waals surface area (Å²) in [7, 11) is 0.